The van der Waals surface area contributed by atoms with Gasteiger partial charge in [0.25, 0.3) is 0 Å². The second-order valence-corrected chi connectivity index (χ2v) is 9.38. The Morgan fingerprint density at radius 2 is 1.58 bits per heavy atom. The van der Waals surface area contributed by atoms with Gasteiger partial charge in [0.15, 0.2) is 5.78 Å². The zero-order valence-corrected chi connectivity index (χ0v) is 21.1. The van der Waals surface area contributed by atoms with Crippen LogP contribution >= 0.6 is 0 Å². The summed E-state index contributed by atoms with van der Waals surface area (Å²) in [4.78, 5) is 18.7. The fourth-order valence-electron chi connectivity index (χ4n) is 4.92. The summed E-state index contributed by atoms with van der Waals surface area (Å²) in [6, 6.07) is 17.1. The van der Waals surface area contributed by atoms with E-state index in [0.29, 0.717) is 0 Å². The number of morpholine rings is 1. The van der Waals surface area contributed by atoms with Crippen molar-refractivity contribution in [3.05, 3.63) is 65.2 Å². The minimum Gasteiger partial charge on any atom is -0.378 e. The highest BCUT2D eigenvalue weighted by Crippen LogP contribution is 2.30. The molecule has 180 valence electrons. The van der Waals surface area contributed by atoms with Crippen molar-refractivity contribution in [1.29, 1.82) is 0 Å². The number of hydrogen-bond acceptors (Lipinski definition) is 4. The third kappa shape index (κ3) is 6.24. The molecule has 2 aromatic carbocycles. The van der Waals surface area contributed by atoms with Gasteiger partial charge in [0.05, 0.1) is 18.8 Å². The Balaban J connectivity index is 1.87. The molecule has 1 fully saturated rings. The molecule has 1 atom stereocenters. The van der Waals surface area contributed by atoms with Crippen LogP contribution in [0.15, 0.2) is 48.5 Å². The highest BCUT2D eigenvalue weighted by atomic mass is 16.5. The Bertz CT molecular complexity index is 856. The Hall–Kier alpha value is -2.17. The van der Waals surface area contributed by atoms with Gasteiger partial charge in [-0.25, -0.2) is 0 Å². The normalized spacial score (nSPS) is 16.1. The summed E-state index contributed by atoms with van der Waals surface area (Å²) in [6.07, 6.45) is 5.99. The molecular weight excluding hydrogens is 408 g/mol. The SMILES string of the molecule is CCCCN(C)C(CC)(Cc1ccc(CCC)cc1)C(=O)c1ccc(N2CCOCC2)cc1. The lowest BCUT2D eigenvalue weighted by Gasteiger charge is -2.41. The number of ether oxygens (including phenoxy) is 1. The van der Waals surface area contributed by atoms with Gasteiger partial charge in [-0.1, -0.05) is 57.9 Å². The van der Waals surface area contributed by atoms with Crippen LogP contribution in [0.4, 0.5) is 5.69 Å². The summed E-state index contributed by atoms with van der Waals surface area (Å²) in [7, 11) is 2.13. The summed E-state index contributed by atoms with van der Waals surface area (Å²) in [5, 5.41) is 0. The molecule has 1 aliphatic heterocycles. The van der Waals surface area contributed by atoms with Crippen LogP contribution in [-0.4, -0.2) is 56.1 Å². The maximum atomic E-state index is 14.1. The van der Waals surface area contributed by atoms with Gasteiger partial charge in [-0.3, -0.25) is 9.69 Å². The van der Waals surface area contributed by atoms with E-state index in [4.69, 9.17) is 4.74 Å². The number of hydrogen-bond donors (Lipinski definition) is 0. The molecule has 0 saturated carbocycles. The molecule has 1 saturated heterocycles. The van der Waals surface area contributed by atoms with Crippen LogP contribution in [-0.2, 0) is 17.6 Å². The first-order chi connectivity index (χ1) is 16.0. The molecule has 33 heavy (non-hydrogen) atoms. The van der Waals surface area contributed by atoms with Crippen molar-refractivity contribution in [1.82, 2.24) is 4.90 Å². The molecule has 0 aliphatic carbocycles. The number of carbonyl (C=O) groups is 1. The Morgan fingerprint density at radius 1 is 0.939 bits per heavy atom. The summed E-state index contributed by atoms with van der Waals surface area (Å²) < 4.78 is 5.48. The van der Waals surface area contributed by atoms with Gasteiger partial charge in [0.1, 0.15) is 0 Å². The zero-order valence-electron chi connectivity index (χ0n) is 21.1. The van der Waals surface area contributed by atoms with E-state index < -0.39 is 5.54 Å². The van der Waals surface area contributed by atoms with Crippen LogP contribution in [0.25, 0.3) is 0 Å². The lowest BCUT2D eigenvalue weighted by atomic mass is 9.79. The van der Waals surface area contributed by atoms with Gasteiger partial charge in [-0.2, -0.15) is 0 Å². The van der Waals surface area contributed by atoms with E-state index in [-0.39, 0.29) is 5.78 Å². The van der Waals surface area contributed by atoms with E-state index in [1.165, 1.54) is 16.8 Å². The van der Waals surface area contributed by atoms with Gasteiger partial charge >= 0.3 is 0 Å². The van der Waals surface area contributed by atoms with E-state index in [0.717, 1.165) is 76.9 Å². The molecule has 0 amide bonds. The molecule has 0 spiro atoms. The number of carbonyl (C=O) groups excluding carboxylic acids is 1. The minimum atomic E-state index is -0.540. The van der Waals surface area contributed by atoms with Crippen LogP contribution in [0.1, 0.15) is 67.9 Å². The van der Waals surface area contributed by atoms with Crippen LogP contribution in [0.3, 0.4) is 0 Å². The summed E-state index contributed by atoms with van der Waals surface area (Å²) in [5.41, 5.74) is 4.04. The number of unbranched alkanes of at least 4 members (excludes halogenated alkanes) is 1. The third-order valence-electron chi connectivity index (χ3n) is 7.15. The maximum absolute atomic E-state index is 14.1. The number of benzene rings is 2. The van der Waals surface area contributed by atoms with Crippen LogP contribution in [0.2, 0.25) is 0 Å². The Morgan fingerprint density at radius 3 is 2.15 bits per heavy atom. The largest absolute Gasteiger partial charge is 0.378 e. The fraction of sp³-hybridized carbons (Fsp3) is 0.552. The standard InChI is InChI=1S/C29H42N2O2/c1-5-8-18-30(4)29(7-3,23-25-12-10-24(9-6-2)11-13-25)28(32)26-14-16-27(17-15-26)31-19-21-33-22-20-31/h10-17H,5-9,18-23H2,1-4H3. The number of aryl methyl sites for hydroxylation is 1. The fourth-order valence-corrected chi connectivity index (χ4v) is 4.92. The number of likely N-dealkylation sites (N-methyl/N-ethyl adjacent to an activating group) is 1. The second kappa shape index (κ2) is 12.3. The smallest absolute Gasteiger partial charge is 0.183 e. The minimum absolute atomic E-state index is 0.231. The lowest BCUT2D eigenvalue weighted by molar-refractivity contribution is 0.0596. The average Bonchev–Trinajstić information content (AvgIpc) is 2.87. The lowest BCUT2D eigenvalue weighted by Crippen LogP contribution is -2.54. The van der Waals surface area contributed by atoms with E-state index in [1.54, 1.807) is 0 Å². The van der Waals surface area contributed by atoms with E-state index in [9.17, 15) is 4.79 Å². The predicted octanol–water partition coefficient (Wildman–Crippen LogP) is 5.78. The topological polar surface area (TPSA) is 32.8 Å². The van der Waals surface area contributed by atoms with Gasteiger partial charge in [-0.05, 0) is 74.7 Å². The predicted molar refractivity (Wildman–Crippen MR) is 139 cm³/mol. The molecule has 4 nitrogen and oxygen atoms in total. The van der Waals surface area contributed by atoms with E-state index in [2.05, 4.69) is 74.0 Å². The molecule has 2 aromatic rings. The molecule has 0 bridgehead atoms. The highest BCUT2D eigenvalue weighted by Gasteiger charge is 2.40. The first-order valence-electron chi connectivity index (χ1n) is 12.8. The zero-order chi connectivity index (χ0) is 23.7. The molecule has 0 N–H and O–H groups in total. The van der Waals surface area contributed by atoms with E-state index >= 15 is 0 Å². The van der Waals surface area contributed by atoms with Crippen LogP contribution in [0.5, 0.6) is 0 Å². The number of Topliss-reactive ketones (excluding diaryl/α,β-unsaturated/α-hetero) is 1. The first kappa shape index (κ1) is 25.5. The Labute approximate surface area is 200 Å². The first-order valence-corrected chi connectivity index (χ1v) is 12.8. The van der Waals surface area contributed by atoms with Gasteiger partial charge in [-0.15, -0.1) is 0 Å². The molecule has 1 unspecified atom stereocenters. The second-order valence-electron chi connectivity index (χ2n) is 9.38. The molecular formula is C29H42N2O2. The third-order valence-corrected chi connectivity index (χ3v) is 7.15. The van der Waals surface area contributed by atoms with Crippen molar-refractivity contribution < 1.29 is 9.53 Å². The van der Waals surface area contributed by atoms with Crippen molar-refractivity contribution in [2.45, 2.75) is 64.8 Å². The number of ketones is 1. The summed E-state index contributed by atoms with van der Waals surface area (Å²) in [6.45, 7) is 10.8. The molecule has 3 rings (SSSR count). The number of anilines is 1. The van der Waals surface area contributed by atoms with Gasteiger partial charge in [0.2, 0.25) is 0 Å². The highest BCUT2D eigenvalue weighted by molar-refractivity contribution is 6.03. The molecule has 0 aromatic heterocycles. The molecule has 1 heterocycles. The molecule has 1 aliphatic rings. The number of nitrogens with zero attached hydrogens (tertiary/aromatic N) is 2. The monoisotopic (exact) mass is 450 g/mol. The van der Waals surface area contributed by atoms with Crippen molar-refractivity contribution in [3.63, 3.8) is 0 Å². The quantitative estimate of drug-likeness (QED) is 0.384. The van der Waals surface area contributed by atoms with Gasteiger partial charge in [0, 0.05) is 24.3 Å². The van der Waals surface area contributed by atoms with Crippen LogP contribution in [0, 0.1) is 0 Å². The number of rotatable bonds is 12. The van der Waals surface area contributed by atoms with E-state index in [1.807, 2.05) is 12.1 Å². The summed E-state index contributed by atoms with van der Waals surface area (Å²) in [5.74, 6) is 0.231. The maximum Gasteiger partial charge on any atom is 0.183 e. The van der Waals surface area contributed by atoms with Crippen molar-refractivity contribution in [3.8, 4) is 0 Å². The van der Waals surface area contributed by atoms with Crippen molar-refractivity contribution >= 4 is 11.5 Å². The summed E-state index contributed by atoms with van der Waals surface area (Å²) >= 11 is 0. The van der Waals surface area contributed by atoms with Crippen molar-refractivity contribution in [2.24, 2.45) is 0 Å². The van der Waals surface area contributed by atoms with Crippen molar-refractivity contribution in [2.75, 3.05) is 44.8 Å². The average molecular weight is 451 g/mol. The molecule has 4 heteroatoms. The molecule has 0 radical (unpaired) electrons. The van der Waals surface area contributed by atoms with Crippen LogP contribution < -0.4 is 4.90 Å². The van der Waals surface area contributed by atoms with Gasteiger partial charge < -0.3 is 9.64 Å². The Kier molecular flexibility index (Phi) is 9.52.